The van der Waals surface area contributed by atoms with Gasteiger partial charge in [0.05, 0.1) is 12.5 Å². The molecular weight excluding hydrogens is 242 g/mol. The zero-order valence-corrected chi connectivity index (χ0v) is 11.2. The summed E-state index contributed by atoms with van der Waals surface area (Å²) in [6.07, 6.45) is 0.815. The SMILES string of the molecule is Cc1ccc([C@H](CC(=O)O)NC(=O)[C@H]2C[C@@H]2C)cc1. The van der Waals surface area contributed by atoms with E-state index in [2.05, 4.69) is 5.32 Å². The van der Waals surface area contributed by atoms with Gasteiger partial charge in [-0.05, 0) is 24.8 Å². The predicted molar refractivity (Wildman–Crippen MR) is 71.6 cm³/mol. The first-order valence-electron chi connectivity index (χ1n) is 6.56. The summed E-state index contributed by atoms with van der Waals surface area (Å²) in [5.74, 6) is -0.459. The minimum absolute atomic E-state index is 0.0284. The molecular formula is C15H19NO3. The lowest BCUT2D eigenvalue weighted by Gasteiger charge is -2.17. The Morgan fingerprint density at radius 3 is 2.42 bits per heavy atom. The van der Waals surface area contributed by atoms with Gasteiger partial charge in [-0.25, -0.2) is 0 Å². The summed E-state index contributed by atoms with van der Waals surface area (Å²) in [5.41, 5.74) is 1.95. The number of carboxylic acid groups (broad SMARTS) is 1. The Hall–Kier alpha value is -1.84. The van der Waals surface area contributed by atoms with Crippen molar-refractivity contribution in [2.75, 3.05) is 0 Å². The molecule has 102 valence electrons. The Morgan fingerprint density at radius 1 is 1.37 bits per heavy atom. The summed E-state index contributed by atoms with van der Waals surface area (Å²) in [6.45, 7) is 4.00. The molecule has 0 saturated heterocycles. The van der Waals surface area contributed by atoms with Crippen LogP contribution in [0.4, 0.5) is 0 Å². The highest BCUT2D eigenvalue weighted by Gasteiger charge is 2.39. The van der Waals surface area contributed by atoms with Gasteiger partial charge in [-0.1, -0.05) is 36.8 Å². The zero-order valence-electron chi connectivity index (χ0n) is 11.2. The third-order valence-corrected chi connectivity index (χ3v) is 3.62. The average Bonchev–Trinajstić information content (AvgIpc) is 3.06. The molecule has 2 N–H and O–H groups in total. The number of carbonyl (C=O) groups excluding carboxylic acids is 1. The Balaban J connectivity index is 2.09. The molecule has 1 fully saturated rings. The van der Waals surface area contributed by atoms with Crippen molar-refractivity contribution < 1.29 is 14.7 Å². The number of amides is 1. The van der Waals surface area contributed by atoms with Crippen LogP contribution < -0.4 is 5.32 Å². The number of aliphatic carboxylic acids is 1. The fourth-order valence-corrected chi connectivity index (χ4v) is 2.19. The molecule has 1 aliphatic rings. The lowest BCUT2D eigenvalue weighted by Crippen LogP contribution is -2.31. The molecule has 4 heteroatoms. The number of hydrogen-bond acceptors (Lipinski definition) is 2. The Labute approximate surface area is 112 Å². The highest BCUT2D eigenvalue weighted by Crippen LogP contribution is 2.38. The zero-order chi connectivity index (χ0) is 14.0. The van der Waals surface area contributed by atoms with E-state index in [1.165, 1.54) is 0 Å². The van der Waals surface area contributed by atoms with Crippen LogP contribution in [0.5, 0.6) is 0 Å². The molecule has 3 atom stereocenters. The van der Waals surface area contributed by atoms with Gasteiger partial charge >= 0.3 is 5.97 Å². The van der Waals surface area contributed by atoms with Crippen LogP contribution in [0.1, 0.15) is 36.9 Å². The fraction of sp³-hybridized carbons (Fsp3) is 0.467. The second-order valence-electron chi connectivity index (χ2n) is 5.39. The molecule has 1 aromatic rings. The number of benzene rings is 1. The van der Waals surface area contributed by atoms with Crippen LogP contribution in [-0.4, -0.2) is 17.0 Å². The lowest BCUT2D eigenvalue weighted by molar-refractivity contribution is -0.137. The van der Waals surface area contributed by atoms with Crippen molar-refractivity contribution in [2.24, 2.45) is 11.8 Å². The fourth-order valence-electron chi connectivity index (χ4n) is 2.19. The topological polar surface area (TPSA) is 66.4 Å². The van der Waals surface area contributed by atoms with Crippen molar-refractivity contribution >= 4 is 11.9 Å². The summed E-state index contributed by atoms with van der Waals surface area (Å²) < 4.78 is 0. The molecule has 0 radical (unpaired) electrons. The van der Waals surface area contributed by atoms with Crippen molar-refractivity contribution in [1.29, 1.82) is 0 Å². The quantitative estimate of drug-likeness (QED) is 0.854. The molecule has 19 heavy (non-hydrogen) atoms. The van der Waals surface area contributed by atoms with Crippen molar-refractivity contribution in [2.45, 2.75) is 32.7 Å². The first-order valence-corrected chi connectivity index (χ1v) is 6.56. The minimum Gasteiger partial charge on any atom is -0.481 e. The normalized spacial score (nSPS) is 22.6. The molecule has 1 aromatic carbocycles. The van der Waals surface area contributed by atoms with Crippen LogP contribution in [0.25, 0.3) is 0 Å². The smallest absolute Gasteiger partial charge is 0.305 e. The first-order chi connectivity index (χ1) is 8.97. The summed E-state index contributed by atoms with van der Waals surface area (Å²) in [5, 5.41) is 11.8. The van der Waals surface area contributed by atoms with Crippen LogP contribution >= 0.6 is 0 Å². The molecule has 2 rings (SSSR count). The van der Waals surface area contributed by atoms with Crippen molar-refractivity contribution in [3.05, 3.63) is 35.4 Å². The van der Waals surface area contributed by atoms with E-state index < -0.39 is 12.0 Å². The highest BCUT2D eigenvalue weighted by atomic mass is 16.4. The van der Waals surface area contributed by atoms with E-state index in [-0.39, 0.29) is 18.2 Å². The van der Waals surface area contributed by atoms with E-state index in [1.54, 1.807) is 0 Å². The molecule has 1 amide bonds. The predicted octanol–water partition coefficient (Wildman–Crippen LogP) is 2.28. The second-order valence-corrected chi connectivity index (χ2v) is 5.39. The Morgan fingerprint density at radius 2 is 1.95 bits per heavy atom. The monoisotopic (exact) mass is 261 g/mol. The molecule has 0 aromatic heterocycles. The number of carbonyl (C=O) groups is 2. The number of rotatable bonds is 5. The summed E-state index contributed by atoms with van der Waals surface area (Å²) in [7, 11) is 0. The standard InChI is InChI=1S/C15H19NO3/c1-9-3-5-11(6-4-9)13(8-14(17)18)16-15(19)12-7-10(12)2/h3-6,10,12-13H,7-8H2,1-2H3,(H,16,19)(H,17,18)/t10-,12-,13-/m0/s1. The van der Waals surface area contributed by atoms with Crippen molar-refractivity contribution in [3.8, 4) is 0 Å². The first kappa shape index (κ1) is 13.6. The van der Waals surface area contributed by atoms with Gasteiger partial charge < -0.3 is 10.4 Å². The van der Waals surface area contributed by atoms with Crippen LogP contribution in [0, 0.1) is 18.8 Å². The van der Waals surface area contributed by atoms with E-state index in [4.69, 9.17) is 5.11 Å². The third-order valence-electron chi connectivity index (χ3n) is 3.62. The van der Waals surface area contributed by atoms with E-state index in [9.17, 15) is 9.59 Å². The van der Waals surface area contributed by atoms with E-state index in [0.717, 1.165) is 17.5 Å². The van der Waals surface area contributed by atoms with E-state index >= 15 is 0 Å². The lowest BCUT2D eigenvalue weighted by atomic mass is 10.0. The van der Waals surface area contributed by atoms with Crippen molar-refractivity contribution in [1.82, 2.24) is 5.32 Å². The maximum Gasteiger partial charge on any atom is 0.305 e. The van der Waals surface area contributed by atoms with Crippen LogP contribution in [-0.2, 0) is 9.59 Å². The van der Waals surface area contributed by atoms with Gasteiger partial charge in [0.15, 0.2) is 0 Å². The van der Waals surface area contributed by atoms with Gasteiger partial charge in [0.1, 0.15) is 0 Å². The van der Waals surface area contributed by atoms with Gasteiger partial charge in [-0.2, -0.15) is 0 Å². The molecule has 0 aliphatic heterocycles. The van der Waals surface area contributed by atoms with Crippen LogP contribution in [0.3, 0.4) is 0 Å². The maximum atomic E-state index is 11.9. The molecule has 0 spiro atoms. The summed E-state index contributed by atoms with van der Waals surface area (Å²) in [4.78, 5) is 22.9. The van der Waals surface area contributed by atoms with Crippen LogP contribution in [0.2, 0.25) is 0 Å². The van der Waals surface area contributed by atoms with Gasteiger partial charge in [-0.3, -0.25) is 9.59 Å². The van der Waals surface area contributed by atoms with Gasteiger partial charge in [0.2, 0.25) is 5.91 Å². The van der Waals surface area contributed by atoms with Crippen molar-refractivity contribution in [3.63, 3.8) is 0 Å². The maximum absolute atomic E-state index is 11.9. The number of carboxylic acids is 1. The molecule has 0 unspecified atom stereocenters. The summed E-state index contributed by atoms with van der Waals surface area (Å²) >= 11 is 0. The Bertz CT molecular complexity index is 481. The third kappa shape index (κ3) is 3.56. The number of aryl methyl sites for hydroxylation is 1. The largest absolute Gasteiger partial charge is 0.481 e. The van der Waals surface area contributed by atoms with E-state index in [0.29, 0.717) is 5.92 Å². The molecule has 0 bridgehead atoms. The second kappa shape index (κ2) is 5.43. The Kier molecular flexibility index (Phi) is 3.88. The number of hydrogen-bond donors (Lipinski definition) is 2. The molecule has 1 aliphatic carbocycles. The van der Waals surface area contributed by atoms with Gasteiger partial charge in [0.25, 0.3) is 0 Å². The van der Waals surface area contributed by atoms with Gasteiger partial charge in [-0.15, -0.1) is 0 Å². The van der Waals surface area contributed by atoms with Gasteiger partial charge in [0, 0.05) is 5.92 Å². The molecule has 4 nitrogen and oxygen atoms in total. The minimum atomic E-state index is -0.908. The summed E-state index contributed by atoms with van der Waals surface area (Å²) in [6, 6.07) is 7.16. The molecule has 1 saturated carbocycles. The van der Waals surface area contributed by atoms with E-state index in [1.807, 2.05) is 38.1 Å². The average molecular weight is 261 g/mol. The highest BCUT2D eigenvalue weighted by molar-refractivity contribution is 5.82. The number of nitrogens with one attached hydrogen (secondary N) is 1. The van der Waals surface area contributed by atoms with Crippen LogP contribution in [0.15, 0.2) is 24.3 Å². The molecule has 0 heterocycles.